The van der Waals surface area contributed by atoms with Crippen molar-refractivity contribution in [3.05, 3.63) is 35.9 Å². The Morgan fingerprint density at radius 2 is 1.92 bits per heavy atom. The Bertz CT molecular complexity index is 578. The number of carbonyl (C=O) groups is 2. The highest BCUT2D eigenvalue weighted by atomic mass is 16.7. The van der Waals surface area contributed by atoms with Crippen LogP contribution in [0.3, 0.4) is 0 Å². The maximum Gasteiger partial charge on any atom is 0.321 e. The Kier molecular flexibility index (Phi) is 6.92. The van der Waals surface area contributed by atoms with E-state index in [0.29, 0.717) is 19.7 Å². The van der Waals surface area contributed by atoms with Gasteiger partial charge in [0.25, 0.3) is 0 Å². The van der Waals surface area contributed by atoms with Gasteiger partial charge in [-0.2, -0.15) is 0 Å². The molecule has 1 aliphatic rings. The van der Waals surface area contributed by atoms with Crippen molar-refractivity contribution in [3.8, 4) is 0 Å². The van der Waals surface area contributed by atoms with Gasteiger partial charge in [0.05, 0.1) is 12.0 Å². The van der Waals surface area contributed by atoms with Crippen molar-refractivity contribution in [1.82, 2.24) is 4.90 Å². The molecule has 1 aromatic rings. The van der Waals surface area contributed by atoms with Crippen LogP contribution in [-0.2, 0) is 25.6 Å². The summed E-state index contributed by atoms with van der Waals surface area (Å²) in [6, 6.07) is 8.32. The van der Waals surface area contributed by atoms with E-state index in [1.54, 1.807) is 11.8 Å². The second kappa shape index (κ2) is 8.94. The molecule has 25 heavy (non-hydrogen) atoms. The molecule has 7 nitrogen and oxygen atoms in total. The molecule has 138 valence electrons. The van der Waals surface area contributed by atoms with Crippen LogP contribution in [0.15, 0.2) is 30.3 Å². The average molecular weight is 351 g/mol. The Morgan fingerprint density at radius 1 is 1.24 bits per heavy atom. The molecule has 0 radical (unpaired) electrons. The molecule has 1 heterocycles. The predicted octanol–water partition coefficient (Wildman–Crippen LogP) is 1.81. The van der Waals surface area contributed by atoms with Gasteiger partial charge < -0.3 is 19.7 Å². The standard InChI is InChI=1S/C18H25NO6/c1-3-24-12(2)25-14-9-15(17(20)21)16(18(22)23)19(11-14)10-13-7-5-4-6-8-13/h4-8,12,14-16H,3,9-11H2,1-2H3,(H,20,21)(H,22,23)/t12?,14-,15-,16-/m0/s1. The Morgan fingerprint density at radius 3 is 2.48 bits per heavy atom. The number of piperidine rings is 1. The van der Waals surface area contributed by atoms with Crippen LogP contribution in [0.25, 0.3) is 0 Å². The molecule has 0 saturated carbocycles. The van der Waals surface area contributed by atoms with Gasteiger partial charge in [0.1, 0.15) is 6.04 Å². The van der Waals surface area contributed by atoms with Crippen LogP contribution >= 0.6 is 0 Å². The number of carboxylic acids is 2. The minimum Gasteiger partial charge on any atom is -0.481 e. The molecule has 2 N–H and O–H groups in total. The molecular formula is C18H25NO6. The second-order valence-corrected chi connectivity index (χ2v) is 6.16. The number of ether oxygens (including phenoxy) is 2. The Labute approximate surface area is 147 Å². The molecule has 1 aromatic carbocycles. The van der Waals surface area contributed by atoms with Gasteiger partial charge in [-0.15, -0.1) is 0 Å². The maximum atomic E-state index is 11.7. The van der Waals surface area contributed by atoms with E-state index in [2.05, 4.69) is 0 Å². The lowest BCUT2D eigenvalue weighted by molar-refractivity contribution is -0.189. The number of rotatable bonds is 8. The zero-order chi connectivity index (χ0) is 18.4. The zero-order valence-electron chi connectivity index (χ0n) is 14.5. The van der Waals surface area contributed by atoms with Crippen LogP contribution in [0.4, 0.5) is 0 Å². The molecule has 4 atom stereocenters. The van der Waals surface area contributed by atoms with E-state index in [-0.39, 0.29) is 6.42 Å². The topological polar surface area (TPSA) is 96.3 Å². The highest BCUT2D eigenvalue weighted by Crippen LogP contribution is 2.28. The van der Waals surface area contributed by atoms with Crippen LogP contribution in [0.5, 0.6) is 0 Å². The van der Waals surface area contributed by atoms with Crippen molar-refractivity contribution < 1.29 is 29.3 Å². The first-order valence-corrected chi connectivity index (χ1v) is 8.43. The third-order valence-corrected chi connectivity index (χ3v) is 4.31. The normalized spacial score (nSPS) is 25.4. The van der Waals surface area contributed by atoms with E-state index in [4.69, 9.17) is 9.47 Å². The quantitative estimate of drug-likeness (QED) is 0.690. The Hall–Kier alpha value is -1.96. The van der Waals surface area contributed by atoms with Gasteiger partial charge in [-0.1, -0.05) is 30.3 Å². The number of likely N-dealkylation sites (tertiary alicyclic amines) is 1. The first kappa shape index (κ1) is 19.4. The van der Waals surface area contributed by atoms with Crippen molar-refractivity contribution in [3.63, 3.8) is 0 Å². The molecule has 0 spiro atoms. The third-order valence-electron chi connectivity index (χ3n) is 4.31. The molecule has 0 amide bonds. The smallest absolute Gasteiger partial charge is 0.321 e. The minimum absolute atomic E-state index is 0.148. The SMILES string of the molecule is CCOC(C)O[C@H]1C[C@H](C(=O)O)[C@@H](C(=O)O)N(Cc2ccccc2)C1. The largest absolute Gasteiger partial charge is 0.481 e. The van der Waals surface area contributed by atoms with Gasteiger partial charge in [0.2, 0.25) is 0 Å². The summed E-state index contributed by atoms with van der Waals surface area (Å²) in [5, 5.41) is 19.1. The Balaban J connectivity index is 2.20. The van der Waals surface area contributed by atoms with Crippen LogP contribution in [0.2, 0.25) is 0 Å². The second-order valence-electron chi connectivity index (χ2n) is 6.16. The van der Waals surface area contributed by atoms with Gasteiger partial charge in [-0.25, -0.2) is 0 Å². The zero-order valence-corrected chi connectivity index (χ0v) is 14.5. The van der Waals surface area contributed by atoms with E-state index >= 15 is 0 Å². The monoisotopic (exact) mass is 351 g/mol. The van der Waals surface area contributed by atoms with Crippen molar-refractivity contribution in [2.45, 2.75) is 45.2 Å². The minimum atomic E-state index is -1.13. The van der Waals surface area contributed by atoms with E-state index in [1.165, 1.54) is 0 Å². The number of aliphatic carboxylic acids is 2. The molecule has 0 aromatic heterocycles. The lowest BCUT2D eigenvalue weighted by atomic mass is 9.87. The molecule has 1 fully saturated rings. The average Bonchev–Trinajstić information content (AvgIpc) is 2.55. The highest BCUT2D eigenvalue weighted by molar-refractivity contribution is 5.83. The molecule has 1 unspecified atom stereocenters. The summed E-state index contributed by atoms with van der Waals surface area (Å²) < 4.78 is 11.2. The van der Waals surface area contributed by atoms with Crippen molar-refractivity contribution in [2.75, 3.05) is 13.2 Å². The molecule has 1 saturated heterocycles. The number of benzene rings is 1. The summed E-state index contributed by atoms with van der Waals surface area (Å²) in [4.78, 5) is 25.0. The molecule has 0 bridgehead atoms. The van der Waals surface area contributed by atoms with Gasteiger partial charge in [0.15, 0.2) is 6.29 Å². The number of hydrogen-bond acceptors (Lipinski definition) is 5. The fourth-order valence-corrected chi connectivity index (χ4v) is 3.30. The van der Waals surface area contributed by atoms with Gasteiger partial charge in [-0.05, 0) is 25.8 Å². The molecular weight excluding hydrogens is 326 g/mol. The molecule has 0 aliphatic carbocycles. The lowest BCUT2D eigenvalue weighted by Gasteiger charge is -2.41. The summed E-state index contributed by atoms with van der Waals surface area (Å²) in [6.45, 7) is 4.78. The fourth-order valence-electron chi connectivity index (χ4n) is 3.30. The first-order chi connectivity index (χ1) is 11.9. The van der Waals surface area contributed by atoms with Crippen molar-refractivity contribution in [1.29, 1.82) is 0 Å². The van der Waals surface area contributed by atoms with Crippen molar-refractivity contribution in [2.24, 2.45) is 5.92 Å². The molecule has 7 heteroatoms. The summed E-state index contributed by atoms with van der Waals surface area (Å²) in [7, 11) is 0. The van der Waals surface area contributed by atoms with Crippen LogP contribution < -0.4 is 0 Å². The van der Waals surface area contributed by atoms with Gasteiger partial charge >= 0.3 is 11.9 Å². The summed E-state index contributed by atoms with van der Waals surface area (Å²) >= 11 is 0. The van der Waals surface area contributed by atoms with Gasteiger partial charge in [-0.3, -0.25) is 14.5 Å². The van der Waals surface area contributed by atoms with Crippen molar-refractivity contribution >= 4 is 11.9 Å². The molecule has 2 rings (SSSR count). The third kappa shape index (κ3) is 5.26. The first-order valence-electron chi connectivity index (χ1n) is 8.43. The summed E-state index contributed by atoms with van der Waals surface area (Å²) in [6.07, 6.45) is -0.721. The van der Waals surface area contributed by atoms with Crippen LogP contribution in [0.1, 0.15) is 25.8 Å². The van der Waals surface area contributed by atoms with E-state index in [9.17, 15) is 19.8 Å². The van der Waals surface area contributed by atoms with E-state index in [1.807, 2.05) is 37.3 Å². The van der Waals surface area contributed by atoms with Crippen LogP contribution in [-0.4, -0.2) is 58.6 Å². The van der Waals surface area contributed by atoms with Gasteiger partial charge in [0, 0.05) is 19.7 Å². The molecule has 1 aliphatic heterocycles. The van der Waals surface area contributed by atoms with Crippen LogP contribution in [0, 0.1) is 5.92 Å². The summed E-state index contributed by atoms with van der Waals surface area (Å²) in [5.74, 6) is -3.28. The number of hydrogen-bond donors (Lipinski definition) is 2. The highest BCUT2D eigenvalue weighted by Gasteiger charge is 2.45. The fraction of sp³-hybridized carbons (Fsp3) is 0.556. The predicted molar refractivity (Wildman–Crippen MR) is 90.0 cm³/mol. The van der Waals surface area contributed by atoms with E-state index < -0.39 is 36.3 Å². The number of nitrogens with zero attached hydrogens (tertiary/aromatic N) is 1. The lowest BCUT2D eigenvalue weighted by Crippen LogP contribution is -2.57. The summed E-state index contributed by atoms with van der Waals surface area (Å²) in [5.41, 5.74) is 0.927. The number of carboxylic acid groups (broad SMARTS) is 2. The van der Waals surface area contributed by atoms with E-state index in [0.717, 1.165) is 5.56 Å². The maximum absolute atomic E-state index is 11.7.